The summed E-state index contributed by atoms with van der Waals surface area (Å²) in [6.07, 6.45) is 0.304. The Hall–Kier alpha value is -1.45. The standard InChI is InChI=1S/C10H17N6O2S/c11-8(19)7(1-4-17)16-9(12)13-10(14-16)15-2-5-18-6-3-15/h7,11,17H,1-6H2,(H2,12,13,14). The Labute approximate surface area is 116 Å². The van der Waals surface area contributed by atoms with Crippen LogP contribution in [0.3, 0.4) is 0 Å². The smallest absolute Gasteiger partial charge is 0.246 e. The second-order valence-electron chi connectivity index (χ2n) is 4.21. The molecule has 2 rings (SSSR count). The van der Waals surface area contributed by atoms with Crippen molar-refractivity contribution in [3.05, 3.63) is 0 Å². The van der Waals surface area contributed by atoms with Crippen LogP contribution in [-0.2, 0) is 4.74 Å². The Morgan fingerprint density at radius 1 is 1.53 bits per heavy atom. The van der Waals surface area contributed by atoms with E-state index in [1.54, 1.807) is 0 Å². The molecular formula is C10H17N6O2S. The van der Waals surface area contributed by atoms with Gasteiger partial charge < -0.3 is 20.5 Å². The van der Waals surface area contributed by atoms with Crippen molar-refractivity contribution in [2.45, 2.75) is 12.5 Å². The van der Waals surface area contributed by atoms with E-state index >= 15 is 0 Å². The van der Waals surface area contributed by atoms with Crippen molar-refractivity contribution in [3.63, 3.8) is 0 Å². The fourth-order valence-corrected chi connectivity index (χ4v) is 2.15. The van der Waals surface area contributed by atoms with Gasteiger partial charge in [-0.05, 0) is 6.42 Å². The molecule has 2 heterocycles. The molecule has 0 saturated carbocycles. The number of morpholine rings is 1. The van der Waals surface area contributed by atoms with Gasteiger partial charge in [-0.2, -0.15) is 4.98 Å². The van der Waals surface area contributed by atoms with E-state index < -0.39 is 6.04 Å². The molecule has 0 bridgehead atoms. The minimum atomic E-state index is -0.526. The quantitative estimate of drug-likeness (QED) is 0.683. The summed E-state index contributed by atoms with van der Waals surface area (Å²) in [4.78, 5) is 6.15. The van der Waals surface area contributed by atoms with Gasteiger partial charge in [-0.15, -0.1) is 5.10 Å². The third kappa shape index (κ3) is 3.11. The van der Waals surface area contributed by atoms with E-state index in [1.807, 2.05) is 4.90 Å². The average Bonchev–Trinajstić information content (AvgIpc) is 2.78. The number of nitrogens with two attached hydrogens (primary N) is 1. The zero-order chi connectivity index (χ0) is 13.8. The van der Waals surface area contributed by atoms with Gasteiger partial charge in [0.25, 0.3) is 0 Å². The number of anilines is 2. The van der Waals surface area contributed by atoms with Crippen LogP contribution in [0.1, 0.15) is 12.5 Å². The van der Waals surface area contributed by atoms with Crippen molar-refractivity contribution in [2.75, 3.05) is 43.5 Å². The maximum absolute atomic E-state index is 9.02. The number of thiocarbonyl (C=S) groups is 1. The predicted molar refractivity (Wildman–Crippen MR) is 73.9 cm³/mol. The summed E-state index contributed by atoms with van der Waals surface area (Å²) in [5.74, 6) is 0.717. The predicted octanol–water partition coefficient (Wildman–Crippen LogP) is -0.769. The van der Waals surface area contributed by atoms with E-state index in [0.29, 0.717) is 38.7 Å². The second-order valence-corrected chi connectivity index (χ2v) is 4.65. The Morgan fingerprint density at radius 3 is 2.79 bits per heavy atom. The largest absolute Gasteiger partial charge is 0.396 e. The molecule has 0 aliphatic carbocycles. The zero-order valence-corrected chi connectivity index (χ0v) is 11.3. The van der Waals surface area contributed by atoms with Crippen LogP contribution in [0.4, 0.5) is 11.9 Å². The van der Waals surface area contributed by atoms with Gasteiger partial charge in [0.15, 0.2) is 0 Å². The molecule has 19 heavy (non-hydrogen) atoms. The first-order valence-corrected chi connectivity index (χ1v) is 6.45. The van der Waals surface area contributed by atoms with Gasteiger partial charge in [0.05, 0.1) is 13.2 Å². The number of hydrogen-bond acceptors (Lipinski definition) is 7. The number of nitrogens with zero attached hydrogens (tertiary/aromatic N) is 4. The lowest BCUT2D eigenvalue weighted by Gasteiger charge is -2.25. The minimum absolute atomic E-state index is 0.0147. The van der Waals surface area contributed by atoms with Crippen molar-refractivity contribution in [1.29, 1.82) is 0 Å². The lowest BCUT2D eigenvalue weighted by Crippen LogP contribution is -2.37. The van der Waals surface area contributed by atoms with Gasteiger partial charge in [0.1, 0.15) is 11.0 Å². The van der Waals surface area contributed by atoms with E-state index in [1.165, 1.54) is 4.68 Å². The molecule has 8 nitrogen and oxygen atoms in total. The highest BCUT2D eigenvalue weighted by molar-refractivity contribution is 7.80. The molecule has 1 aliphatic rings. The molecule has 1 aliphatic heterocycles. The average molecular weight is 285 g/mol. The maximum Gasteiger partial charge on any atom is 0.246 e. The lowest BCUT2D eigenvalue weighted by atomic mass is 10.2. The van der Waals surface area contributed by atoms with Gasteiger partial charge in [0.2, 0.25) is 11.9 Å². The van der Waals surface area contributed by atoms with Crippen LogP contribution in [0.5, 0.6) is 0 Å². The number of nitrogens with one attached hydrogen (secondary N) is 1. The van der Waals surface area contributed by atoms with Crippen LogP contribution >= 0.6 is 12.2 Å². The van der Waals surface area contributed by atoms with Crippen molar-refractivity contribution >= 4 is 29.1 Å². The third-order valence-electron chi connectivity index (χ3n) is 2.94. The van der Waals surface area contributed by atoms with E-state index in [-0.39, 0.29) is 17.5 Å². The lowest BCUT2D eigenvalue weighted by molar-refractivity contribution is 0.122. The Morgan fingerprint density at radius 2 is 2.21 bits per heavy atom. The van der Waals surface area contributed by atoms with Crippen LogP contribution < -0.4 is 16.4 Å². The number of aliphatic hydroxyl groups excluding tert-OH is 1. The minimum Gasteiger partial charge on any atom is -0.396 e. The summed E-state index contributed by atoms with van der Waals surface area (Å²) in [6.45, 7) is 2.59. The van der Waals surface area contributed by atoms with E-state index in [9.17, 15) is 0 Å². The molecule has 1 saturated heterocycles. The molecular weight excluding hydrogens is 268 g/mol. The fourth-order valence-electron chi connectivity index (χ4n) is 1.94. The number of aromatic nitrogens is 3. The fraction of sp³-hybridized carbons (Fsp3) is 0.700. The molecule has 4 N–H and O–H groups in total. The van der Waals surface area contributed by atoms with Crippen LogP contribution in [0.25, 0.3) is 0 Å². The molecule has 1 aromatic rings. The van der Waals surface area contributed by atoms with Crippen LogP contribution in [0, 0.1) is 0 Å². The van der Waals surface area contributed by atoms with Crippen molar-refractivity contribution < 1.29 is 9.84 Å². The molecule has 1 radical (unpaired) electrons. The van der Waals surface area contributed by atoms with Crippen molar-refractivity contribution in [2.24, 2.45) is 0 Å². The van der Waals surface area contributed by atoms with E-state index in [4.69, 9.17) is 33.5 Å². The molecule has 9 heteroatoms. The molecule has 0 spiro atoms. The first kappa shape index (κ1) is 14.0. The van der Waals surface area contributed by atoms with Gasteiger partial charge in [-0.1, -0.05) is 12.2 Å². The summed E-state index contributed by atoms with van der Waals surface area (Å²) in [5, 5.41) is 13.3. The number of ether oxygens (including phenoxy) is 1. The molecule has 0 amide bonds. The van der Waals surface area contributed by atoms with Crippen LogP contribution in [0.15, 0.2) is 0 Å². The summed E-state index contributed by atoms with van der Waals surface area (Å²) in [5.41, 5.74) is 13.4. The zero-order valence-electron chi connectivity index (χ0n) is 10.4. The highest BCUT2D eigenvalue weighted by atomic mass is 32.1. The van der Waals surface area contributed by atoms with Gasteiger partial charge >= 0.3 is 0 Å². The normalized spacial score (nSPS) is 17.4. The number of rotatable bonds is 5. The summed E-state index contributed by atoms with van der Waals surface area (Å²) < 4.78 is 6.68. The highest BCUT2D eigenvalue weighted by Gasteiger charge is 2.23. The first-order chi connectivity index (χ1) is 9.13. The topological polar surface area (TPSA) is 113 Å². The van der Waals surface area contributed by atoms with E-state index in [2.05, 4.69) is 10.1 Å². The summed E-state index contributed by atoms with van der Waals surface area (Å²) in [7, 11) is 0. The monoisotopic (exact) mass is 285 g/mol. The molecule has 1 aromatic heterocycles. The van der Waals surface area contributed by atoms with Crippen LogP contribution in [-0.4, -0.2) is 57.8 Å². The molecule has 1 unspecified atom stereocenters. The highest BCUT2D eigenvalue weighted by Crippen LogP contribution is 2.19. The Kier molecular flexibility index (Phi) is 4.51. The number of aliphatic hydroxyl groups is 1. The molecule has 1 fully saturated rings. The number of nitrogen functional groups attached to an aromatic ring is 1. The first-order valence-electron chi connectivity index (χ1n) is 6.04. The Balaban J connectivity index is 2.21. The van der Waals surface area contributed by atoms with Gasteiger partial charge in [0, 0.05) is 19.7 Å². The summed E-state index contributed by atoms with van der Waals surface area (Å²) in [6, 6.07) is -0.526. The van der Waals surface area contributed by atoms with Crippen molar-refractivity contribution in [3.8, 4) is 0 Å². The van der Waals surface area contributed by atoms with Gasteiger partial charge in [-0.25, -0.2) is 4.68 Å². The second kappa shape index (κ2) is 6.13. The van der Waals surface area contributed by atoms with Crippen LogP contribution in [0.2, 0.25) is 0 Å². The van der Waals surface area contributed by atoms with Gasteiger partial charge in [-0.3, -0.25) is 5.73 Å². The molecule has 1 atom stereocenters. The third-order valence-corrected chi connectivity index (χ3v) is 3.21. The molecule has 0 aromatic carbocycles. The maximum atomic E-state index is 9.02. The SMILES string of the molecule is [NH]C(=S)C(CCO)n1nc(N2CCOCC2)nc1N. The van der Waals surface area contributed by atoms with E-state index in [0.717, 1.165) is 0 Å². The number of hydrogen-bond donors (Lipinski definition) is 2. The Bertz CT molecular complexity index is 445. The molecule has 105 valence electrons. The van der Waals surface area contributed by atoms with Crippen molar-refractivity contribution in [1.82, 2.24) is 20.5 Å². The summed E-state index contributed by atoms with van der Waals surface area (Å²) >= 11 is 4.87.